The van der Waals surface area contributed by atoms with Crippen LogP contribution in [-0.2, 0) is 6.61 Å². The van der Waals surface area contributed by atoms with Crippen LogP contribution in [0.2, 0.25) is 0 Å². The molecule has 0 bridgehead atoms. The monoisotopic (exact) mass is 217 g/mol. The van der Waals surface area contributed by atoms with Crippen molar-refractivity contribution in [2.24, 2.45) is 0 Å². The summed E-state index contributed by atoms with van der Waals surface area (Å²) in [5.41, 5.74) is 5.16. The van der Waals surface area contributed by atoms with Crippen LogP contribution < -0.4 is 16.0 Å². The van der Waals surface area contributed by atoms with Crippen molar-refractivity contribution in [2.45, 2.75) is 6.61 Å². The molecule has 0 fully saturated rings. The summed E-state index contributed by atoms with van der Waals surface area (Å²) in [6.45, 7) is 0.185. The molecule has 5 nitrogen and oxygen atoms in total. The number of nitrogens with two attached hydrogens (primary N) is 1. The molecule has 0 unspecified atom stereocenters. The highest BCUT2D eigenvalue weighted by Crippen LogP contribution is 2.09. The maximum absolute atomic E-state index is 11.1. The van der Waals surface area contributed by atoms with E-state index in [-0.39, 0.29) is 18.0 Å². The van der Waals surface area contributed by atoms with Gasteiger partial charge in [0.2, 0.25) is 0 Å². The maximum atomic E-state index is 11.1. The third-order valence-corrected chi connectivity index (χ3v) is 1.93. The average molecular weight is 217 g/mol. The fourth-order valence-corrected chi connectivity index (χ4v) is 1.27. The zero-order valence-corrected chi connectivity index (χ0v) is 8.51. The summed E-state index contributed by atoms with van der Waals surface area (Å²) in [5, 5.41) is 0. The Morgan fingerprint density at radius 1 is 1.31 bits per heavy atom. The standard InChI is InChI=1S/C11H11N3O2/c12-9-6-11(15)14-10(13-9)7-16-8-4-2-1-3-5-8/h1-6H,7H2,(H3,12,13,14,15). The molecule has 0 saturated carbocycles. The molecular formula is C11H11N3O2. The second kappa shape index (κ2) is 4.48. The van der Waals surface area contributed by atoms with Crippen molar-refractivity contribution in [3.05, 3.63) is 52.6 Å². The van der Waals surface area contributed by atoms with Crippen LogP contribution in [0.4, 0.5) is 5.82 Å². The number of H-pyrrole nitrogens is 1. The fraction of sp³-hybridized carbons (Fsp3) is 0.0909. The van der Waals surface area contributed by atoms with E-state index in [1.807, 2.05) is 30.3 Å². The van der Waals surface area contributed by atoms with E-state index < -0.39 is 0 Å². The van der Waals surface area contributed by atoms with Crippen LogP contribution in [0.15, 0.2) is 41.2 Å². The van der Waals surface area contributed by atoms with Gasteiger partial charge in [-0.1, -0.05) is 18.2 Å². The van der Waals surface area contributed by atoms with E-state index in [2.05, 4.69) is 9.97 Å². The quantitative estimate of drug-likeness (QED) is 0.801. The first-order chi connectivity index (χ1) is 7.74. The van der Waals surface area contributed by atoms with Gasteiger partial charge in [0.25, 0.3) is 5.56 Å². The van der Waals surface area contributed by atoms with E-state index in [0.717, 1.165) is 0 Å². The number of hydrogen-bond acceptors (Lipinski definition) is 4. The van der Waals surface area contributed by atoms with Gasteiger partial charge in [-0.15, -0.1) is 0 Å². The van der Waals surface area contributed by atoms with Gasteiger partial charge in [0.1, 0.15) is 24.0 Å². The van der Waals surface area contributed by atoms with Crippen molar-refractivity contribution in [3.8, 4) is 5.75 Å². The zero-order valence-electron chi connectivity index (χ0n) is 8.51. The number of ether oxygens (including phenoxy) is 1. The van der Waals surface area contributed by atoms with Crippen LogP contribution in [0.5, 0.6) is 5.75 Å². The molecule has 1 aromatic heterocycles. The Kier molecular flexibility index (Phi) is 2.86. The number of benzene rings is 1. The van der Waals surface area contributed by atoms with E-state index >= 15 is 0 Å². The summed E-state index contributed by atoms with van der Waals surface area (Å²) >= 11 is 0. The predicted molar refractivity (Wildman–Crippen MR) is 60.0 cm³/mol. The van der Waals surface area contributed by atoms with E-state index in [1.54, 1.807) is 0 Å². The SMILES string of the molecule is Nc1cc(=O)[nH]c(COc2ccccc2)n1. The summed E-state index contributed by atoms with van der Waals surface area (Å²) in [6, 6.07) is 10.5. The van der Waals surface area contributed by atoms with E-state index in [0.29, 0.717) is 11.6 Å². The number of nitrogens with one attached hydrogen (secondary N) is 1. The third kappa shape index (κ3) is 2.60. The first-order valence-electron chi connectivity index (χ1n) is 4.77. The van der Waals surface area contributed by atoms with Crippen molar-refractivity contribution < 1.29 is 4.74 Å². The van der Waals surface area contributed by atoms with Gasteiger partial charge in [0, 0.05) is 6.07 Å². The Labute approximate surface area is 91.9 Å². The van der Waals surface area contributed by atoms with Gasteiger partial charge < -0.3 is 15.5 Å². The first kappa shape index (κ1) is 10.2. The molecule has 5 heteroatoms. The number of nitrogen functional groups attached to an aromatic ring is 1. The van der Waals surface area contributed by atoms with Gasteiger partial charge in [-0.2, -0.15) is 0 Å². The van der Waals surface area contributed by atoms with Crippen LogP contribution in [-0.4, -0.2) is 9.97 Å². The Morgan fingerprint density at radius 3 is 2.75 bits per heavy atom. The minimum Gasteiger partial charge on any atom is -0.486 e. The molecule has 0 saturated heterocycles. The second-order valence-corrected chi connectivity index (χ2v) is 3.22. The normalized spacial score (nSPS) is 10.0. The Bertz CT molecular complexity index is 522. The summed E-state index contributed by atoms with van der Waals surface area (Å²) in [7, 11) is 0. The second-order valence-electron chi connectivity index (χ2n) is 3.22. The third-order valence-electron chi connectivity index (χ3n) is 1.93. The molecule has 0 amide bonds. The Morgan fingerprint density at radius 2 is 2.06 bits per heavy atom. The summed E-state index contributed by atoms with van der Waals surface area (Å²) < 4.78 is 5.41. The lowest BCUT2D eigenvalue weighted by molar-refractivity contribution is 0.295. The average Bonchev–Trinajstić information content (AvgIpc) is 2.27. The summed E-state index contributed by atoms with van der Waals surface area (Å²) in [6.07, 6.45) is 0. The molecular weight excluding hydrogens is 206 g/mol. The van der Waals surface area contributed by atoms with Gasteiger partial charge in [-0.05, 0) is 12.1 Å². The lowest BCUT2D eigenvalue weighted by atomic mass is 10.3. The Hall–Kier alpha value is -2.30. The topological polar surface area (TPSA) is 81.0 Å². The van der Waals surface area contributed by atoms with Crippen LogP contribution in [0, 0.1) is 0 Å². The molecule has 2 rings (SSSR count). The molecule has 0 spiro atoms. The largest absolute Gasteiger partial charge is 0.486 e. The Balaban J connectivity index is 2.08. The lowest BCUT2D eigenvalue weighted by Gasteiger charge is -2.05. The van der Waals surface area contributed by atoms with E-state index in [9.17, 15) is 4.79 Å². The van der Waals surface area contributed by atoms with E-state index in [1.165, 1.54) is 6.07 Å². The number of anilines is 1. The van der Waals surface area contributed by atoms with Crippen molar-refractivity contribution >= 4 is 5.82 Å². The van der Waals surface area contributed by atoms with Gasteiger partial charge in [0.15, 0.2) is 0 Å². The van der Waals surface area contributed by atoms with E-state index in [4.69, 9.17) is 10.5 Å². The highest BCUT2D eigenvalue weighted by molar-refractivity contribution is 5.25. The predicted octanol–water partition coefficient (Wildman–Crippen LogP) is 0.931. The van der Waals surface area contributed by atoms with Gasteiger partial charge >= 0.3 is 0 Å². The van der Waals surface area contributed by atoms with Crippen LogP contribution in [0.3, 0.4) is 0 Å². The number of rotatable bonds is 3. The number of hydrogen-bond donors (Lipinski definition) is 2. The molecule has 16 heavy (non-hydrogen) atoms. The first-order valence-corrected chi connectivity index (χ1v) is 4.77. The number of aromatic amines is 1. The van der Waals surface area contributed by atoms with Crippen molar-refractivity contribution in [2.75, 3.05) is 5.73 Å². The fourth-order valence-electron chi connectivity index (χ4n) is 1.27. The molecule has 1 heterocycles. The number of nitrogens with zero attached hydrogens (tertiary/aromatic N) is 1. The van der Waals surface area contributed by atoms with Gasteiger partial charge in [-0.3, -0.25) is 4.79 Å². The van der Waals surface area contributed by atoms with Gasteiger partial charge in [0.05, 0.1) is 0 Å². The van der Waals surface area contributed by atoms with Crippen molar-refractivity contribution in [1.29, 1.82) is 0 Å². The summed E-state index contributed by atoms with van der Waals surface area (Å²) in [5.74, 6) is 1.32. The molecule has 0 aliphatic heterocycles. The minimum atomic E-state index is -0.279. The molecule has 3 N–H and O–H groups in total. The van der Waals surface area contributed by atoms with Crippen LogP contribution >= 0.6 is 0 Å². The molecule has 0 aliphatic carbocycles. The molecule has 2 aromatic rings. The highest BCUT2D eigenvalue weighted by Gasteiger charge is 1.99. The minimum absolute atomic E-state index is 0.185. The number of aromatic nitrogens is 2. The number of para-hydroxylation sites is 1. The molecule has 0 radical (unpaired) electrons. The summed E-state index contributed by atoms with van der Waals surface area (Å²) in [4.78, 5) is 17.6. The zero-order chi connectivity index (χ0) is 11.4. The van der Waals surface area contributed by atoms with Crippen molar-refractivity contribution in [1.82, 2.24) is 9.97 Å². The molecule has 82 valence electrons. The van der Waals surface area contributed by atoms with Crippen molar-refractivity contribution in [3.63, 3.8) is 0 Å². The van der Waals surface area contributed by atoms with Gasteiger partial charge in [-0.25, -0.2) is 4.98 Å². The maximum Gasteiger partial charge on any atom is 0.253 e. The lowest BCUT2D eigenvalue weighted by Crippen LogP contribution is -2.14. The smallest absolute Gasteiger partial charge is 0.253 e. The molecule has 0 aliphatic rings. The highest BCUT2D eigenvalue weighted by atomic mass is 16.5. The molecule has 1 aromatic carbocycles. The van der Waals surface area contributed by atoms with Crippen LogP contribution in [0.1, 0.15) is 5.82 Å². The molecule has 0 atom stereocenters. The van der Waals surface area contributed by atoms with Crippen LogP contribution in [0.25, 0.3) is 0 Å².